The molecule has 1 aliphatic rings. The smallest absolute Gasteiger partial charge is 0.266 e. The van der Waals surface area contributed by atoms with Crippen LogP contribution in [-0.2, 0) is 27.2 Å². The number of sulfone groups is 1. The van der Waals surface area contributed by atoms with Gasteiger partial charge in [-0.25, -0.2) is 31.6 Å². The monoisotopic (exact) mass is 538 g/mol. The number of hydrogen-bond acceptors (Lipinski definition) is 7. The predicted octanol–water partition coefficient (Wildman–Crippen LogP) is 4.41. The fraction of sp³-hybridized carbons (Fsp3) is 0.480. The maximum absolute atomic E-state index is 14.9. The second-order valence-corrected chi connectivity index (χ2v) is 11.9. The fourth-order valence-corrected chi connectivity index (χ4v) is 6.56. The summed E-state index contributed by atoms with van der Waals surface area (Å²) in [5.41, 5.74) is -1.57. The van der Waals surface area contributed by atoms with Crippen molar-refractivity contribution in [1.29, 1.82) is 0 Å². The molecule has 1 aromatic carbocycles. The number of fused-ring (bicyclic) bond motifs is 1. The zero-order chi connectivity index (χ0) is 27.1. The van der Waals surface area contributed by atoms with Gasteiger partial charge in [-0.1, -0.05) is 25.1 Å². The maximum Gasteiger partial charge on any atom is 0.266 e. The second-order valence-electron chi connectivity index (χ2n) is 9.37. The summed E-state index contributed by atoms with van der Waals surface area (Å²) in [6.07, 6.45) is -1.14. The van der Waals surface area contributed by atoms with Gasteiger partial charge in [0.15, 0.2) is 9.84 Å². The fourth-order valence-electron chi connectivity index (χ4n) is 5.02. The van der Waals surface area contributed by atoms with Gasteiger partial charge < -0.3 is 10.1 Å². The number of anilines is 1. The van der Waals surface area contributed by atoms with Crippen molar-refractivity contribution in [2.45, 2.75) is 56.4 Å². The minimum atomic E-state index is -3.30. The Kier molecular flexibility index (Phi) is 7.35. The highest BCUT2D eigenvalue weighted by molar-refractivity contribution is 7.92. The highest BCUT2D eigenvalue weighted by atomic mass is 32.2. The molecule has 0 spiro atoms. The van der Waals surface area contributed by atoms with Crippen LogP contribution in [0.2, 0.25) is 0 Å². The number of alkyl halides is 2. The molecule has 12 heteroatoms. The van der Waals surface area contributed by atoms with E-state index in [4.69, 9.17) is 4.74 Å². The molecule has 2 aromatic heterocycles. The van der Waals surface area contributed by atoms with Gasteiger partial charge in [-0.15, -0.1) is 0 Å². The lowest BCUT2D eigenvalue weighted by molar-refractivity contribution is -0.0296. The molecule has 0 bridgehead atoms. The van der Waals surface area contributed by atoms with Crippen LogP contribution in [0, 0.1) is 5.82 Å². The van der Waals surface area contributed by atoms with Crippen molar-refractivity contribution in [3.05, 3.63) is 63.5 Å². The Bertz CT molecular complexity index is 1500. The molecule has 2 unspecified atom stereocenters. The standard InChI is InChI=1S/C25H29F3N4O4S/c1-5-19(15-7-6-8-16(20(15)26)21(27)28)31-22-17-11-18(24(33)32(3)23(17)30-13-29-22)25(36-4)9-10-37(34,35)14(2)12-25/h6-8,11,13-14,19,21H,5,9-10,12H2,1-4H3,(H,29,30,31)/t14?,19-,25?/m1/s1. The summed E-state index contributed by atoms with van der Waals surface area (Å²) < 4.78 is 73.4. The van der Waals surface area contributed by atoms with Crippen LogP contribution in [-0.4, -0.2) is 41.1 Å². The summed E-state index contributed by atoms with van der Waals surface area (Å²) in [5.74, 6) is -0.839. The van der Waals surface area contributed by atoms with E-state index in [0.717, 1.165) is 6.07 Å². The topological polar surface area (TPSA) is 103 Å². The molecular weight excluding hydrogens is 509 g/mol. The molecule has 4 rings (SSSR count). The summed E-state index contributed by atoms with van der Waals surface area (Å²) in [7, 11) is -0.315. The molecular formula is C25H29F3N4O4S. The molecule has 0 radical (unpaired) electrons. The average Bonchev–Trinajstić information content (AvgIpc) is 2.87. The Hall–Kier alpha value is -2.99. The highest BCUT2D eigenvalue weighted by Gasteiger charge is 2.45. The molecule has 1 fully saturated rings. The van der Waals surface area contributed by atoms with E-state index < -0.39 is 44.5 Å². The van der Waals surface area contributed by atoms with Gasteiger partial charge in [0.25, 0.3) is 12.0 Å². The van der Waals surface area contributed by atoms with Crippen LogP contribution in [0.25, 0.3) is 11.0 Å². The lowest BCUT2D eigenvalue weighted by Crippen LogP contribution is -2.46. The zero-order valence-corrected chi connectivity index (χ0v) is 21.8. The van der Waals surface area contributed by atoms with E-state index in [9.17, 15) is 26.4 Å². The number of aryl methyl sites for hydroxylation is 1. The number of nitrogens with zero attached hydrogens (tertiary/aromatic N) is 3. The average molecular weight is 539 g/mol. The number of hydrogen-bond donors (Lipinski definition) is 1. The summed E-state index contributed by atoms with van der Waals surface area (Å²) >= 11 is 0. The number of aromatic nitrogens is 3. The molecule has 1 N–H and O–H groups in total. The predicted molar refractivity (Wildman–Crippen MR) is 134 cm³/mol. The van der Waals surface area contributed by atoms with E-state index in [1.54, 1.807) is 27.0 Å². The largest absolute Gasteiger partial charge is 0.373 e. The number of benzene rings is 1. The Morgan fingerprint density at radius 2 is 1.97 bits per heavy atom. The first-order valence-corrected chi connectivity index (χ1v) is 13.6. The van der Waals surface area contributed by atoms with Crippen molar-refractivity contribution in [3.63, 3.8) is 0 Å². The molecule has 3 heterocycles. The SMILES string of the molecule is CC[C@@H](Nc1ncnc2c1cc(C1(OC)CCS(=O)(=O)C(C)C1)c(=O)n2C)c1cccc(C(F)F)c1F. The molecule has 1 aliphatic heterocycles. The first kappa shape index (κ1) is 27.1. The Morgan fingerprint density at radius 3 is 2.59 bits per heavy atom. The van der Waals surface area contributed by atoms with Crippen LogP contribution in [0.1, 0.15) is 62.3 Å². The molecule has 8 nitrogen and oxygen atoms in total. The Labute approximate surface area is 212 Å². The van der Waals surface area contributed by atoms with Crippen molar-refractivity contribution in [3.8, 4) is 0 Å². The van der Waals surface area contributed by atoms with Gasteiger partial charge >= 0.3 is 0 Å². The molecule has 0 aliphatic carbocycles. The summed E-state index contributed by atoms with van der Waals surface area (Å²) in [5, 5.41) is 2.86. The first-order valence-electron chi connectivity index (χ1n) is 11.9. The Morgan fingerprint density at radius 1 is 1.27 bits per heavy atom. The van der Waals surface area contributed by atoms with E-state index in [0.29, 0.717) is 17.5 Å². The lowest BCUT2D eigenvalue weighted by Gasteiger charge is -2.38. The molecule has 3 aromatic rings. The van der Waals surface area contributed by atoms with Crippen LogP contribution in [0.3, 0.4) is 0 Å². The maximum atomic E-state index is 14.9. The van der Waals surface area contributed by atoms with Crippen LogP contribution < -0.4 is 10.9 Å². The quantitative estimate of drug-likeness (QED) is 0.475. The third kappa shape index (κ3) is 4.72. The van der Waals surface area contributed by atoms with Crippen LogP contribution in [0.15, 0.2) is 35.4 Å². The summed E-state index contributed by atoms with van der Waals surface area (Å²) in [4.78, 5) is 21.9. The van der Waals surface area contributed by atoms with Gasteiger partial charge in [0.05, 0.1) is 33.6 Å². The second kappa shape index (κ2) is 10.1. The van der Waals surface area contributed by atoms with Crippen molar-refractivity contribution in [2.75, 3.05) is 18.2 Å². The number of ether oxygens (including phenoxy) is 1. The lowest BCUT2D eigenvalue weighted by atomic mass is 9.86. The van der Waals surface area contributed by atoms with Gasteiger partial charge in [0.2, 0.25) is 0 Å². The van der Waals surface area contributed by atoms with Crippen LogP contribution in [0.4, 0.5) is 19.0 Å². The first-order chi connectivity index (χ1) is 17.5. The molecule has 0 saturated carbocycles. The number of halogens is 3. The molecule has 200 valence electrons. The highest BCUT2D eigenvalue weighted by Crippen LogP contribution is 2.40. The minimum Gasteiger partial charge on any atom is -0.373 e. The van der Waals surface area contributed by atoms with Crippen LogP contribution in [0.5, 0.6) is 0 Å². The number of pyridine rings is 1. The third-order valence-electron chi connectivity index (χ3n) is 7.29. The minimum absolute atomic E-state index is 0.0665. The van der Waals surface area contributed by atoms with E-state index >= 15 is 0 Å². The summed E-state index contributed by atoms with van der Waals surface area (Å²) in [6, 6.07) is 4.76. The number of methoxy groups -OCH3 is 1. The molecule has 0 amide bonds. The zero-order valence-electron chi connectivity index (χ0n) is 21.0. The van der Waals surface area contributed by atoms with E-state index in [-0.39, 0.29) is 41.1 Å². The van der Waals surface area contributed by atoms with E-state index in [2.05, 4.69) is 15.3 Å². The van der Waals surface area contributed by atoms with Gasteiger partial charge in [0, 0.05) is 19.7 Å². The van der Waals surface area contributed by atoms with Gasteiger partial charge in [-0.05, 0) is 32.3 Å². The Balaban J connectivity index is 1.84. The molecule has 3 atom stereocenters. The van der Waals surface area contributed by atoms with Crippen molar-refractivity contribution >= 4 is 26.7 Å². The van der Waals surface area contributed by atoms with Gasteiger partial charge in [-0.3, -0.25) is 9.36 Å². The summed E-state index contributed by atoms with van der Waals surface area (Å²) in [6.45, 7) is 3.37. The third-order valence-corrected chi connectivity index (χ3v) is 9.46. The van der Waals surface area contributed by atoms with Crippen molar-refractivity contribution in [2.24, 2.45) is 7.05 Å². The van der Waals surface area contributed by atoms with Gasteiger partial charge in [0.1, 0.15) is 29.2 Å². The number of nitrogens with one attached hydrogen (secondary N) is 1. The van der Waals surface area contributed by atoms with Crippen molar-refractivity contribution < 1.29 is 26.3 Å². The normalized spacial score (nSPS) is 22.3. The van der Waals surface area contributed by atoms with Crippen LogP contribution >= 0.6 is 0 Å². The van der Waals surface area contributed by atoms with Crippen molar-refractivity contribution in [1.82, 2.24) is 14.5 Å². The number of rotatable bonds is 7. The molecule has 1 saturated heterocycles. The molecule has 37 heavy (non-hydrogen) atoms. The van der Waals surface area contributed by atoms with Gasteiger partial charge in [-0.2, -0.15) is 0 Å². The van der Waals surface area contributed by atoms with E-state index in [1.807, 2.05) is 0 Å². The van der Waals surface area contributed by atoms with E-state index in [1.165, 1.54) is 30.1 Å².